The second kappa shape index (κ2) is 10.4. The van der Waals surface area contributed by atoms with Gasteiger partial charge >= 0.3 is 0 Å². The van der Waals surface area contributed by atoms with Gasteiger partial charge in [0, 0.05) is 57.3 Å². The Morgan fingerprint density at radius 1 is 1.00 bits per heavy atom. The van der Waals surface area contributed by atoms with E-state index in [1.807, 2.05) is 61.5 Å². The van der Waals surface area contributed by atoms with Gasteiger partial charge in [-0.25, -0.2) is 22.8 Å². The van der Waals surface area contributed by atoms with Gasteiger partial charge in [-0.2, -0.15) is 9.29 Å². The summed E-state index contributed by atoms with van der Waals surface area (Å²) in [6, 6.07) is 13.2. The Bertz CT molecular complexity index is 1530. The number of rotatable bonds is 8. The lowest BCUT2D eigenvalue weighted by molar-refractivity contribution is 0.385. The molecule has 1 fully saturated rings. The van der Waals surface area contributed by atoms with Crippen LogP contribution in [0.25, 0.3) is 11.0 Å². The molecule has 0 unspecified atom stereocenters. The van der Waals surface area contributed by atoms with Gasteiger partial charge in [-0.05, 0) is 49.4 Å². The number of aromatic amines is 1. The van der Waals surface area contributed by atoms with Crippen LogP contribution in [0, 0.1) is 5.82 Å². The first-order chi connectivity index (χ1) is 18.2. The molecule has 0 radical (unpaired) electrons. The van der Waals surface area contributed by atoms with E-state index < -0.39 is 15.8 Å². The fourth-order valence-electron chi connectivity index (χ4n) is 4.23. The smallest absolute Gasteiger partial charge is 0.229 e. The topological polar surface area (TPSA) is 122 Å². The summed E-state index contributed by atoms with van der Waals surface area (Å²) < 4.78 is 40.2. The molecule has 0 bridgehead atoms. The second-order valence-corrected chi connectivity index (χ2v) is 11.4. The number of benzene rings is 2. The van der Waals surface area contributed by atoms with Crippen molar-refractivity contribution in [3.63, 3.8) is 0 Å². The number of nitrogens with zero attached hydrogens (tertiary/aromatic N) is 6. The van der Waals surface area contributed by atoms with E-state index >= 15 is 0 Å². The maximum absolute atomic E-state index is 14.5. The maximum Gasteiger partial charge on any atom is 0.229 e. The fourth-order valence-corrected chi connectivity index (χ4v) is 5.31. The summed E-state index contributed by atoms with van der Waals surface area (Å²) in [5, 5.41) is 6.13. The van der Waals surface area contributed by atoms with Crippen LogP contribution in [0.5, 0.6) is 0 Å². The molecule has 200 valence electrons. The van der Waals surface area contributed by atoms with Crippen LogP contribution >= 0.6 is 0 Å². The highest BCUT2D eigenvalue weighted by Gasteiger charge is 2.25. The molecule has 0 atom stereocenters. The summed E-state index contributed by atoms with van der Waals surface area (Å²) >= 11 is 0. The Morgan fingerprint density at radius 2 is 1.71 bits per heavy atom. The van der Waals surface area contributed by atoms with Gasteiger partial charge in [-0.3, -0.25) is 0 Å². The highest BCUT2D eigenvalue weighted by Crippen LogP contribution is 2.25. The minimum Gasteiger partial charge on any atom is -0.369 e. The summed E-state index contributed by atoms with van der Waals surface area (Å²) in [7, 11) is 0.652. The molecule has 38 heavy (non-hydrogen) atoms. The molecule has 2 aromatic heterocycles. The van der Waals surface area contributed by atoms with Crippen molar-refractivity contribution in [2.75, 3.05) is 66.5 Å². The van der Waals surface area contributed by atoms with Gasteiger partial charge in [0.05, 0.1) is 23.0 Å². The van der Waals surface area contributed by atoms with Crippen molar-refractivity contribution in [2.45, 2.75) is 6.92 Å². The number of hydrogen-bond donors (Lipinski definition) is 3. The largest absolute Gasteiger partial charge is 0.369 e. The quantitative estimate of drug-likeness (QED) is 0.309. The zero-order valence-electron chi connectivity index (χ0n) is 21.4. The molecule has 13 heteroatoms. The second-order valence-electron chi connectivity index (χ2n) is 9.16. The van der Waals surface area contributed by atoms with Crippen LogP contribution in [0.15, 0.2) is 48.7 Å². The van der Waals surface area contributed by atoms with Crippen molar-refractivity contribution < 1.29 is 12.8 Å². The van der Waals surface area contributed by atoms with Gasteiger partial charge < -0.3 is 25.4 Å². The Kier molecular flexibility index (Phi) is 7.04. The van der Waals surface area contributed by atoms with E-state index in [0.29, 0.717) is 31.9 Å². The lowest BCUT2D eigenvalue weighted by atomic mass is 10.2. The highest BCUT2D eigenvalue weighted by atomic mass is 32.2. The zero-order chi connectivity index (χ0) is 26.9. The number of imidazole rings is 1. The molecule has 0 saturated carbocycles. The number of nitrogens with one attached hydrogen (secondary N) is 3. The van der Waals surface area contributed by atoms with E-state index in [0.717, 1.165) is 34.6 Å². The average molecular weight is 540 g/mol. The average Bonchev–Trinajstić information content (AvgIpc) is 3.35. The molecule has 3 N–H and O–H groups in total. The number of halogens is 1. The SMILES string of the molecule is CCS(=O)(=O)N1CCN(c2ccc(Nc3nc(Nc4ccc5nc(N(C)C)[nH]c5c4)ncc3F)cc2)CC1. The van der Waals surface area contributed by atoms with E-state index in [1.54, 1.807) is 6.92 Å². The van der Waals surface area contributed by atoms with Gasteiger partial charge in [0.15, 0.2) is 11.6 Å². The number of piperazine rings is 1. The predicted molar refractivity (Wildman–Crippen MR) is 149 cm³/mol. The normalized spacial score (nSPS) is 14.6. The molecule has 1 aliphatic heterocycles. The Labute approximate surface area is 220 Å². The van der Waals surface area contributed by atoms with Gasteiger partial charge in [0.1, 0.15) is 0 Å². The molecule has 11 nitrogen and oxygen atoms in total. The van der Waals surface area contributed by atoms with Crippen LogP contribution in [0.1, 0.15) is 6.92 Å². The molecule has 0 amide bonds. The number of aromatic nitrogens is 4. The highest BCUT2D eigenvalue weighted by molar-refractivity contribution is 7.89. The van der Waals surface area contributed by atoms with Crippen LogP contribution in [0.3, 0.4) is 0 Å². The molecule has 5 rings (SSSR count). The number of H-pyrrole nitrogens is 1. The molecule has 1 aliphatic rings. The van der Waals surface area contributed by atoms with Crippen molar-refractivity contribution in [1.29, 1.82) is 0 Å². The summed E-state index contributed by atoms with van der Waals surface area (Å²) in [6.07, 6.45) is 1.12. The zero-order valence-corrected chi connectivity index (χ0v) is 22.3. The van der Waals surface area contributed by atoms with Gasteiger partial charge in [0.25, 0.3) is 0 Å². The number of anilines is 6. The van der Waals surface area contributed by atoms with E-state index in [2.05, 4.69) is 35.5 Å². The molecule has 0 aliphatic carbocycles. The molecule has 4 aromatic rings. The van der Waals surface area contributed by atoms with E-state index in [9.17, 15) is 12.8 Å². The first-order valence-corrected chi connectivity index (χ1v) is 13.9. The van der Waals surface area contributed by atoms with Crippen LogP contribution in [-0.2, 0) is 10.0 Å². The van der Waals surface area contributed by atoms with Crippen LogP contribution in [0.4, 0.5) is 39.2 Å². The van der Waals surface area contributed by atoms with E-state index in [1.165, 1.54) is 4.31 Å². The third kappa shape index (κ3) is 5.48. The molecule has 1 saturated heterocycles. The van der Waals surface area contributed by atoms with Crippen LogP contribution in [-0.4, -0.2) is 78.7 Å². The standard InChI is InChI=1S/C25H30FN9O2S/c1-4-38(36,37)35-13-11-34(12-14-35)19-8-5-17(6-9-19)28-23-20(26)16-27-24(32-23)29-18-7-10-21-22(15-18)31-25(30-21)33(2)3/h5-10,15-16H,4,11-14H2,1-3H3,(H,30,31)(H2,27,28,29,32). The van der Waals surface area contributed by atoms with E-state index in [4.69, 9.17) is 0 Å². The predicted octanol–water partition coefficient (Wildman–Crippen LogP) is 3.52. The Morgan fingerprint density at radius 3 is 2.39 bits per heavy atom. The van der Waals surface area contributed by atoms with Crippen LogP contribution < -0.4 is 20.4 Å². The van der Waals surface area contributed by atoms with Gasteiger partial charge in [-0.1, -0.05) is 0 Å². The van der Waals surface area contributed by atoms with Crippen molar-refractivity contribution in [3.8, 4) is 0 Å². The van der Waals surface area contributed by atoms with Gasteiger partial charge in [0.2, 0.25) is 21.9 Å². The molecule has 0 spiro atoms. The number of fused-ring (bicyclic) bond motifs is 1. The molecular formula is C25H30FN9O2S. The monoisotopic (exact) mass is 539 g/mol. The third-order valence-electron chi connectivity index (χ3n) is 6.39. The number of hydrogen-bond acceptors (Lipinski definition) is 9. The summed E-state index contributed by atoms with van der Waals surface area (Å²) in [6.45, 7) is 3.81. The summed E-state index contributed by atoms with van der Waals surface area (Å²) in [4.78, 5) is 20.2. The molecule has 3 heterocycles. The lowest BCUT2D eigenvalue weighted by Crippen LogP contribution is -2.49. The molecular weight excluding hydrogens is 509 g/mol. The van der Waals surface area contributed by atoms with Gasteiger partial charge in [-0.15, -0.1) is 0 Å². The van der Waals surface area contributed by atoms with E-state index in [-0.39, 0.29) is 17.5 Å². The first kappa shape index (κ1) is 25.7. The Hall–Kier alpha value is -3.97. The molecule has 2 aromatic carbocycles. The lowest BCUT2D eigenvalue weighted by Gasteiger charge is -2.35. The fraction of sp³-hybridized carbons (Fsp3) is 0.320. The minimum absolute atomic E-state index is 0.0474. The third-order valence-corrected chi connectivity index (χ3v) is 8.27. The van der Waals surface area contributed by atoms with Crippen molar-refractivity contribution in [2.24, 2.45) is 0 Å². The van der Waals surface area contributed by atoms with Crippen molar-refractivity contribution in [1.82, 2.24) is 24.2 Å². The van der Waals surface area contributed by atoms with Crippen LogP contribution in [0.2, 0.25) is 0 Å². The summed E-state index contributed by atoms with van der Waals surface area (Å²) in [5.74, 6) is 0.580. The van der Waals surface area contributed by atoms with Crippen molar-refractivity contribution >= 4 is 55.8 Å². The van der Waals surface area contributed by atoms with Crippen molar-refractivity contribution in [3.05, 3.63) is 54.5 Å². The Balaban J connectivity index is 1.25. The first-order valence-electron chi connectivity index (χ1n) is 12.3. The summed E-state index contributed by atoms with van der Waals surface area (Å²) in [5.41, 5.74) is 4.06. The number of sulfonamides is 1. The minimum atomic E-state index is -3.17. The maximum atomic E-state index is 14.5.